The molecule has 5 nitrogen and oxygen atoms in total. The van der Waals surface area contributed by atoms with E-state index in [1.807, 2.05) is 45.8 Å². The van der Waals surface area contributed by atoms with Crippen molar-refractivity contribution in [2.45, 2.75) is 26.8 Å². The maximum Gasteiger partial charge on any atom is 0.241 e. The average Bonchev–Trinajstić information content (AvgIpc) is 2.27. The minimum Gasteiger partial charge on any atom is -0.376 e. The minimum atomic E-state index is -0.562. The fraction of sp³-hybridized carbons (Fsp3) is 0.538. The Balaban J connectivity index is 2.89. The van der Waals surface area contributed by atoms with Crippen molar-refractivity contribution in [3.63, 3.8) is 0 Å². The second-order valence-corrected chi connectivity index (χ2v) is 5.62. The van der Waals surface area contributed by atoms with Crippen LogP contribution in [-0.2, 0) is 4.79 Å². The van der Waals surface area contributed by atoms with Gasteiger partial charge in [0, 0.05) is 20.3 Å². The van der Waals surface area contributed by atoms with E-state index in [9.17, 15) is 4.79 Å². The van der Waals surface area contributed by atoms with Gasteiger partial charge in [0.15, 0.2) is 0 Å². The van der Waals surface area contributed by atoms with E-state index in [2.05, 4.69) is 10.3 Å². The van der Waals surface area contributed by atoms with Gasteiger partial charge in [0.1, 0.15) is 0 Å². The van der Waals surface area contributed by atoms with Gasteiger partial charge in [0.25, 0.3) is 0 Å². The van der Waals surface area contributed by atoms with Crippen LogP contribution in [-0.4, -0.2) is 31.0 Å². The highest BCUT2D eigenvalue weighted by atomic mass is 16.2. The molecule has 0 bridgehead atoms. The van der Waals surface area contributed by atoms with Crippen LogP contribution in [0.1, 0.15) is 20.8 Å². The molecule has 1 heterocycles. The summed E-state index contributed by atoms with van der Waals surface area (Å²) in [5, 5.41) is 2.83. The van der Waals surface area contributed by atoms with Crippen LogP contribution in [0.4, 0.5) is 11.4 Å². The molecule has 0 radical (unpaired) electrons. The van der Waals surface area contributed by atoms with Crippen LogP contribution in [0, 0.1) is 5.41 Å². The summed E-state index contributed by atoms with van der Waals surface area (Å²) in [5.74, 6) is -0.196. The predicted molar refractivity (Wildman–Crippen MR) is 74.6 cm³/mol. The Kier molecular flexibility index (Phi) is 4.29. The van der Waals surface area contributed by atoms with Gasteiger partial charge in [0.2, 0.25) is 5.91 Å². The van der Waals surface area contributed by atoms with Gasteiger partial charge in [-0.25, -0.2) is 0 Å². The molecule has 0 aromatic carbocycles. The molecule has 3 N–H and O–H groups in total. The standard InChI is InChI=1S/C13H22N4O/c1-13(2,3)11(14)12(18)16-9-8-15-7-6-10(9)17(4)5/h6-8,11H,14H2,1-5H3,(H,16,18)/t11-/m0/s1. The number of nitrogens with one attached hydrogen (secondary N) is 1. The number of hydrogen-bond donors (Lipinski definition) is 2. The first kappa shape index (κ1) is 14.4. The second-order valence-electron chi connectivity index (χ2n) is 5.62. The zero-order valence-electron chi connectivity index (χ0n) is 11.7. The summed E-state index contributed by atoms with van der Waals surface area (Å²) in [6.07, 6.45) is 3.32. The quantitative estimate of drug-likeness (QED) is 0.852. The highest BCUT2D eigenvalue weighted by Gasteiger charge is 2.27. The Hall–Kier alpha value is -1.62. The smallest absolute Gasteiger partial charge is 0.241 e. The van der Waals surface area contributed by atoms with E-state index in [0.29, 0.717) is 5.69 Å². The molecule has 0 unspecified atom stereocenters. The molecule has 1 atom stereocenters. The second kappa shape index (κ2) is 5.35. The van der Waals surface area contributed by atoms with E-state index in [4.69, 9.17) is 5.73 Å². The Morgan fingerprint density at radius 1 is 1.44 bits per heavy atom. The van der Waals surface area contributed by atoms with Gasteiger partial charge in [-0.3, -0.25) is 9.78 Å². The molecule has 0 fully saturated rings. The number of pyridine rings is 1. The largest absolute Gasteiger partial charge is 0.376 e. The molecule has 0 aliphatic carbocycles. The van der Waals surface area contributed by atoms with Crippen LogP contribution in [0.15, 0.2) is 18.5 Å². The third kappa shape index (κ3) is 3.43. The molecule has 1 aromatic rings. The Labute approximate surface area is 108 Å². The number of aromatic nitrogens is 1. The van der Waals surface area contributed by atoms with Crippen LogP contribution in [0.25, 0.3) is 0 Å². The summed E-state index contributed by atoms with van der Waals surface area (Å²) >= 11 is 0. The van der Waals surface area contributed by atoms with E-state index in [1.165, 1.54) is 0 Å². The van der Waals surface area contributed by atoms with Crippen LogP contribution in [0.3, 0.4) is 0 Å². The topological polar surface area (TPSA) is 71.2 Å². The highest BCUT2D eigenvalue weighted by molar-refractivity contribution is 5.97. The van der Waals surface area contributed by atoms with Crippen LogP contribution < -0.4 is 16.0 Å². The number of anilines is 2. The summed E-state index contributed by atoms with van der Waals surface area (Å²) in [6.45, 7) is 5.81. The number of rotatable bonds is 3. The van der Waals surface area contributed by atoms with Gasteiger partial charge < -0.3 is 16.0 Å². The Morgan fingerprint density at radius 2 is 2.06 bits per heavy atom. The predicted octanol–water partition coefficient (Wildman–Crippen LogP) is 1.46. The van der Waals surface area contributed by atoms with Crippen molar-refractivity contribution in [3.8, 4) is 0 Å². The molecule has 18 heavy (non-hydrogen) atoms. The third-order valence-electron chi connectivity index (χ3n) is 2.75. The van der Waals surface area contributed by atoms with Gasteiger partial charge >= 0.3 is 0 Å². The molecule has 0 aliphatic rings. The molecular formula is C13H22N4O. The number of nitrogens with zero attached hydrogens (tertiary/aromatic N) is 2. The SMILES string of the molecule is CN(C)c1ccncc1NC(=O)[C@H](N)C(C)(C)C. The number of carbonyl (C=O) groups excluding carboxylic acids is 1. The lowest BCUT2D eigenvalue weighted by atomic mass is 9.87. The molecule has 1 rings (SSSR count). The van der Waals surface area contributed by atoms with Gasteiger partial charge in [-0.1, -0.05) is 20.8 Å². The molecule has 0 spiro atoms. The van der Waals surface area contributed by atoms with Crippen molar-refractivity contribution in [3.05, 3.63) is 18.5 Å². The number of nitrogens with two attached hydrogens (primary N) is 1. The van der Waals surface area contributed by atoms with E-state index in [0.717, 1.165) is 5.69 Å². The zero-order chi connectivity index (χ0) is 13.9. The monoisotopic (exact) mass is 250 g/mol. The van der Waals surface area contributed by atoms with Crippen molar-refractivity contribution < 1.29 is 4.79 Å². The van der Waals surface area contributed by atoms with Crippen LogP contribution in [0.2, 0.25) is 0 Å². The third-order valence-corrected chi connectivity index (χ3v) is 2.75. The van der Waals surface area contributed by atoms with E-state index < -0.39 is 6.04 Å². The van der Waals surface area contributed by atoms with E-state index >= 15 is 0 Å². The van der Waals surface area contributed by atoms with Crippen molar-refractivity contribution in [1.82, 2.24) is 4.98 Å². The normalized spacial score (nSPS) is 13.0. The average molecular weight is 250 g/mol. The van der Waals surface area contributed by atoms with Crippen LogP contribution >= 0.6 is 0 Å². The number of amides is 1. The first-order valence-electron chi connectivity index (χ1n) is 5.91. The summed E-state index contributed by atoms with van der Waals surface area (Å²) in [7, 11) is 3.82. The van der Waals surface area contributed by atoms with Crippen molar-refractivity contribution in [2.75, 3.05) is 24.3 Å². The van der Waals surface area contributed by atoms with Gasteiger partial charge in [-0.05, 0) is 11.5 Å². The van der Waals surface area contributed by atoms with Crippen molar-refractivity contribution in [2.24, 2.45) is 11.1 Å². The molecule has 1 aromatic heterocycles. The molecular weight excluding hydrogens is 228 g/mol. The molecule has 0 saturated carbocycles. The fourth-order valence-corrected chi connectivity index (χ4v) is 1.48. The fourth-order valence-electron chi connectivity index (χ4n) is 1.48. The number of carbonyl (C=O) groups is 1. The molecule has 0 saturated heterocycles. The maximum atomic E-state index is 12.1. The summed E-state index contributed by atoms with van der Waals surface area (Å²) < 4.78 is 0. The van der Waals surface area contributed by atoms with Crippen molar-refractivity contribution >= 4 is 17.3 Å². The minimum absolute atomic E-state index is 0.196. The maximum absolute atomic E-state index is 12.1. The molecule has 100 valence electrons. The molecule has 5 heteroatoms. The zero-order valence-corrected chi connectivity index (χ0v) is 11.7. The summed E-state index contributed by atoms with van der Waals surface area (Å²) in [5.41, 5.74) is 7.22. The van der Waals surface area contributed by atoms with Crippen molar-refractivity contribution in [1.29, 1.82) is 0 Å². The Bertz CT molecular complexity index is 423. The Morgan fingerprint density at radius 3 is 2.56 bits per heavy atom. The first-order chi connectivity index (χ1) is 8.23. The molecule has 0 aliphatic heterocycles. The lowest BCUT2D eigenvalue weighted by Gasteiger charge is -2.26. The van der Waals surface area contributed by atoms with Gasteiger partial charge in [-0.15, -0.1) is 0 Å². The highest BCUT2D eigenvalue weighted by Crippen LogP contribution is 2.24. The van der Waals surface area contributed by atoms with Gasteiger partial charge in [-0.2, -0.15) is 0 Å². The van der Waals surface area contributed by atoms with E-state index in [1.54, 1.807) is 12.4 Å². The lowest BCUT2D eigenvalue weighted by Crippen LogP contribution is -2.45. The van der Waals surface area contributed by atoms with E-state index in [-0.39, 0.29) is 11.3 Å². The lowest BCUT2D eigenvalue weighted by molar-refractivity contribution is -0.119. The molecule has 1 amide bonds. The summed E-state index contributed by atoms with van der Waals surface area (Å²) in [4.78, 5) is 18.0. The number of hydrogen-bond acceptors (Lipinski definition) is 4. The van der Waals surface area contributed by atoms with Crippen LogP contribution in [0.5, 0.6) is 0 Å². The van der Waals surface area contributed by atoms with Gasteiger partial charge in [0.05, 0.1) is 23.6 Å². The summed E-state index contributed by atoms with van der Waals surface area (Å²) in [6, 6.07) is 1.28. The first-order valence-corrected chi connectivity index (χ1v) is 5.91.